The minimum Gasteiger partial charge on any atom is -0.493 e. The van der Waals surface area contributed by atoms with Crippen molar-refractivity contribution in [3.8, 4) is 17.4 Å². The Hall–Kier alpha value is -2.96. The molecule has 2 aromatic rings. The number of nitrogens with one attached hydrogen (secondary N) is 1. The van der Waals surface area contributed by atoms with Crippen LogP contribution >= 0.6 is 0 Å². The highest BCUT2D eigenvalue weighted by atomic mass is 16.5. The second kappa shape index (κ2) is 7.88. The predicted molar refractivity (Wildman–Crippen MR) is 83.0 cm³/mol. The van der Waals surface area contributed by atoms with Crippen molar-refractivity contribution in [2.45, 2.75) is 13.2 Å². The van der Waals surface area contributed by atoms with Gasteiger partial charge in [0.2, 0.25) is 5.88 Å². The number of pyridine rings is 1. The number of benzene rings is 1. The maximum atomic E-state index is 10.5. The summed E-state index contributed by atoms with van der Waals surface area (Å²) in [5, 5.41) is 10.9. The molecule has 0 fully saturated rings. The number of aromatic nitrogens is 1. The second-order valence-corrected chi connectivity index (χ2v) is 4.64. The van der Waals surface area contributed by atoms with Gasteiger partial charge in [-0.15, -0.1) is 0 Å². The van der Waals surface area contributed by atoms with E-state index in [-0.39, 0.29) is 6.54 Å². The fraction of sp³-hybridized carbons (Fsp3) is 0.250. The summed E-state index contributed by atoms with van der Waals surface area (Å²) in [6.07, 6.45) is 0.604. The van der Waals surface area contributed by atoms with E-state index in [0.29, 0.717) is 24.0 Å². The number of amides is 1. The SMILES string of the molecule is COc1ccc(COc2ccc(CNC(=O)O)cc2OC)cn1. The summed E-state index contributed by atoms with van der Waals surface area (Å²) in [4.78, 5) is 14.6. The van der Waals surface area contributed by atoms with Crippen LogP contribution in [0.5, 0.6) is 17.4 Å². The molecule has 2 N–H and O–H groups in total. The van der Waals surface area contributed by atoms with E-state index < -0.39 is 6.09 Å². The fourth-order valence-corrected chi connectivity index (χ4v) is 1.90. The Bertz CT molecular complexity index is 658. The first-order chi connectivity index (χ1) is 11.1. The summed E-state index contributed by atoms with van der Waals surface area (Å²) in [5.74, 6) is 1.65. The van der Waals surface area contributed by atoms with Gasteiger partial charge in [0.1, 0.15) is 6.61 Å². The molecule has 1 amide bonds. The molecule has 0 aliphatic carbocycles. The van der Waals surface area contributed by atoms with Gasteiger partial charge in [-0.05, 0) is 23.8 Å². The molecule has 0 bridgehead atoms. The number of hydrogen-bond donors (Lipinski definition) is 2. The van der Waals surface area contributed by atoms with Gasteiger partial charge in [-0.1, -0.05) is 6.07 Å². The predicted octanol–water partition coefficient (Wildman–Crippen LogP) is 2.45. The van der Waals surface area contributed by atoms with E-state index in [0.717, 1.165) is 11.1 Å². The highest BCUT2D eigenvalue weighted by Crippen LogP contribution is 2.28. The third-order valence-corrected chi connectivity index (χ3v) is 3.07. The molecule has 7 nitrogen and oxygen atoms in total. The number of ether oxygens (including phenoxy) is 3. The molecule has 1 aromatic heterocycles. The molecular weight excluding hydrogens is 300 g/mol. The summed E-state index contributed by atoms with van der Waals surface area (Å²) in [6, 6.07) is 8.88. The van der Waals surface area contributed by atoms with E-state index >= 15 is 0 Å². The number of carboxylic acid groups (broad SMARTS) is 1. The molecule has 0 saturated carbocycles. The van der Waals surface area contributed by atoms with Gasteiger partial charge in [-0.2, -0.15) is 0 Å². The van der Waals surface area contributed by atoms with Crippen LogP contribution in [0.15, 0.2) is 36.5 Å². The average molecular weight is 318 g/mol. The van der Waals surface area contributed by atoms with Crippen LogP contribution in [0.1, 0.15) is 11.1 Å². The van der Waals surface area contributed by atoms with E-state index in [2.05, 4.69) is 10.3 Å². The Morgan fingerprint density at radius 1 is 1.13 bits per heavy atom. The fourth-order valence-electron chi connectivity index (χ4n) is 1.90. The van der Waals surface area contributed by atoms with E-state index in [1.807, 2.05) is 6.07 Å². The molecular formula is C16H18N2O5. The van der Waals surface area contributed by atoms with E-state index in [9.17, 15) is 4.79 Å². The molecule has 0 radical (unpaired) electrons. The minimum absolute atomic E-state index is 0.203. The lowest BCUT2D eigenvalue weighted by Gasteiger charge is -2.12. The maximum absolute atomic E-state index is 10.5. The van der Waals surface area contributed by atoms with E-state index in [1.54, 1.807) is 37.6 Å². The number of rotatable bonds is 7. The van der Waals surface area contributed by atoms with Crippen molar-refractivity contribution in [2.75, 3.05) is 14.2 Å². The van der Waals surface area contributed by atoms with Crippen molar-refractivity contribution in [2.24, 2.45) is 0 Å². The molecule has 0 aliphatic heterocycles. The standard InChI is InChI=1S/C16H18N2O5/c1-21-14-7-11(8-18-16(19)20)3-5-13(14)23-10-12-4-6-15(22-2)17-9-12/h3-7,9,18H,8,10H2,1-2H3,(H,19,20). The normalized spacial score (nSPS) is 10.0. The largest absolute Gasteiger partial charge is 0.493 e. The Kier molecular flexibility index (Phi) is 5.62. The van der Waals surface area contributed by atoms with Crippen LogP contribution < -0.4 is 19.5 Å². The molecule has 0 aliphatic rings. The molecule has 1 aromatic carbocycles. The van der Waals surface area contributed by atoms with Crippen molar-refractivity contribution >= 4 is 6.09 Å². The summed E-state index contributed by atoms with van der Waals surface area (Å²) in [7, 11) is 3.09. The Labute approximate surface area is 133 Å². The third kappa shape index (κ3) is 4.77. The summed E-state index contributed by atoms with van der Waals surface area (Å²) >= 11 is 0. The second-order valence-electron chi connectivity index (χ2n) is 4.64. The van der Waals surface area contributed by atoms with Gasteiger partial charge in [0.05, 0.1) is 14.2 Å². The molecule has 7 heteroatoms. The lowest BCUT2D eigenvalue weighted by atomic mass is 10.2. The lowest BCUT2D eigenvalue weighted by Crippen LogP contribution is -2.19. The van der Waals surface area contributed by atoms with Gasteiger partial charge in [-0.25, -0.2) is 9.78 Å². The molecule has 0 spiro atoms. The molecule has 0 unspecified atom stereocenters. The van der Waals surface area contributed by atoms with Crippen molar-refractivity contribution in [1.82, 2.24) is 10.3 Å². The Balaban J connectivity index is 2.02. The van der Waals surface area contributed by atoms with Crippen molar-refractivity contribution in [1.29, 1.82) is 0 Å². The number of methoxy groups -OCH3 is 2. The summed E-state index contributed by atoms with van der Waals surface area (Å²) in [5.41, 5.74) is 1.67. The van der Waals surface area contributed by atoms with Crippen LogP contribution in [0.2, 0.25) is 0 Å². The molecule has 1 heterocycles. The molecule has 23 heavy (non-hydrogen) atoms. The first kappa shape index (κ1) is 16.4. The van der Waals surface area contributed by atoms with Crippen LogP contribution in [0.25, 0.3) is 0 Å². The van der Waals surface area contributed by atoms with Gasteiger partial charge in [0, 0.05) is 24.4 Å². The van der Waals surface area contributed by atoms with Crippen LogP contribution in [0.3, 0.4) is 0 Å². The maximum Gasteiger partial charge on any atom is 0.404 e. The van der Waals surface area contributed by atoms with Gasteiger partial charge in [0.25, 0.3) is 0 Å². The van der Waals surface area contributed by atoms with E-state index in [1.165, 1.54) is 7.11 Å². The van der Waals surface area contributed by atoms with Gasteiger partial charge in [0.15, 0.2) is 11.5 Å². The van der Waals surface area contributed by atoms with Crippen molar-refractivity contribution in [3.05, 3.63) is 47.7 Å². The number of hydrogen-bond acceptors (Lipinski definition) is 5. The van der Waals surface area contributed by atoms with Gasteiger partial charge in [-0.3, -0.25) is 0 Å². The zero-order valence-corrected chi connectivity index (χ0v) is 12.9. The third-order valence-electron chi connectivity index (χ3n) is 3.07. The van der Waals surface area contributed by atoms with Crippen LogP contribution in [0, 0.1) is 0 Å². The quantitative estimate of drug-likeness (QED) is 0.815. The first-order valence-electron chi connectivity index (χ1n) is 6.88. The smallest absolute Gasteiger partial charge is 0.404 e. The molecule has 122 valence electrons. The average Bonchev–Trinajstić information content (AvgIpc) is 2.58. The Morgan fingerprint density at radius 3 is 2.52 bits per heavy atom. The molecule has 0 atom stereocenters. The lowest BCUT2D eigenvalue weighted by molar-refractivity contribution is 0.194. The van der Waals surface area contributed by atoms with E-state index in [4.69, 9.17) is 19.3 Å². The summed E-state index contributed by atoms with van der Waals surface area (Å²) < 4.78 is 16.0. The van der Waals surface area contributed by atoms with Crippen LogP contribution in [-0.4, -0.2) is 30.4 Å². The molecule has 2 rings (SSSR count). The van der Waals surface area contributed by atoms with Crippen molar-refractivity contribution in [3.63, 3.8) is 0 Å². The van der Waals surface area contributed by atoms with Gasteiger partial charge >= 0.3 is 6.09 Å². The number of carbonyl (C=O) groups is 1. The van der Waals surface area contributed by atoms with Crippen LogP contribution in [0.4, 0.5) is 4.79 Å². The van der Waals surface area contributed by atoms with Crippen molar-refractivity contribution < 1.29 is 24.1 Å². The topological polar surface area (TPSA) is 89.9 Å². The van der Waals surface area contributed by atoms with Crippen LogP contribution in [-0.2, 0) is 13.2 Å². The highest BCUT2D eigenvalue weighted by molar-refractivity contribution is 5.64. The monoisotopic (exact) mass is 318 g/mol. The number of nitrogens with zero attached hydrogens (tertiary/aromatic N) is 1. The molecule has 0 saturated heterocycles. The Morgan fingerprint density at radius 2 is 1.91 bits per heavy atom. The first-order valence-corrected chi connectivity index (χ1v) is 6.88. The highest BCUT2D eigenvalue weighted by Gasteiger charge is 2.07. The zero-order chi connectivity index (χ0) is 16.7. The summed E-state index contributed by atoms with van der Waals surface area (Å²) in [6.45, 7) is 0.536. The van der Waals surface area contributed by atoms with Gasteiger partial charge < -0.3 is 24.6 Å². The minimum atomic E-state index is -1.07. The zero-order valence-electron chi connectivity index (χ0n) is 12.9.